The summed E-state index contributed by atoms with van der Waals surface area (Å²) in [5.41, 5.74) is 0.545. The van der Waals surface area contributed by atoms with E-state index in [2.05, 4.69) is 0 Å². The molecule has 0 saturated heterocycles. The number of ether oxygens (including phenoxy) is 2. The van der Waals surface area contributed by atoms with Crippen LogP contribution in [0.5, 0.6) is 5.75 Å². The van der Waals surface area contributed by atoms with Crippen molar-refractivity contribution in [3.05, 3.63) is 28.3 Å². The van der Waals surface area contributed by atoms with E-state index in [4.69, 9.17) is 9.47 Å². The molecule has 7 heteroatoms. The number of benzene rings is 1. The van der Waals surface area contributed by atoms with Gasteiger partial charge in [-0.15, -0.1) is 0 Å². The first kappa shape index (κ1) is 15.2. The summed E-state index contributed by atoms with van der Waals surface area (Å²) in [5.74, 6) is 0.400. The molecule has 1 aromatic rings. The zero-order chi connectivity index (χ0) is 14.4. The average Bonchev–Trinajstić information content (AvgIpc) is 2.38. The fourth-order valence-electron chi connectivity index (χ4n) is 1.68. The average molecular weight is 270 g/mol. The highest BCUT2D eigenvalue weighted by Gasteiger charge is 2.14. The van der Waals surface area contributed by atoms with Crippen molar-refractivity contribution in [1.29, 1.82) is 0 Å². The molecule has 19 heavy (non-hydrogen) atoms. The molecule has 7 nitrogen and oxygen atoms in total. The number of hydrogen-bond acceptors (Lipinski definition) is 6. The van der Waals surface area contributed by atoms with Gasteiger partial charge in [-0.25, -0.2) is 0 Å². The van der Waals surface area contributed by atoms with Gasteiger partial charge in [-0.1, -0.05) is 0 Å². The number of aliphatic hydroxyl groups is 1. The molecule has 1 aromatic carbocycles. The Hall–Kier alpha value is -1.86. The highest BCUT2D eigenvalue weighted by Crippen LogP contribution is 2.27. The first-order valence-electron chi connectivity index (χ1n) is 5.69. The Bertz CT molecular complexity index is 438. The fraction of sp³-hybridized carbons (Fsp3) is 0.500. The predicted octanol–water partition coefficient (Wildman–Crippen LogP) is 1.05. The molecule has 0 radical (unpaired) electrons. The molecular formula is C12H18N2O5. The van der Waals surface area contributed by atoms with E-state index in [9.17, 15) is 15.2 Å². The van der Waals surface area contributed by atoms with E-state index in [0.717, 1.165) is 0 Å². The second-order valence-electron chi connectivity index (χ2n) is 4.14. The molecule has 0 fully saturated rings. The van der Waals surface area contributed by atoms with Crippen molar-refractivity contribution in [3.8, 4) is 5.75 Å². The third kappa shape index (κ3) is 4.38. The number of rotatable bonds is 7. The summed E-state index contributed by atoms with van der Waals surface area (Å²) in [5, 5.41) is 20.5. The van der Waals surface area contributed by atoms with Crippen LogP contribution in [-0.2, 0) is 4.74 Å². The lowest BCUT2D eigenvalue weighted by atomic mass is 10.2. The van der Waals surface area contributed by atoms with Crippen molar-refractivity contribution in [1.82, 2.24) is 0 Å². The monoisotopic (exact) mass is 270 g/mol. The Morgan fingerprint density at radius 1 is 1.42 bits per heavy atom. The van der Waals surface area contributed by atoms with Crippen LogP contribution in [0.2, 0.25) is 0 Å². The van der Waals surface area contributed by atoms with Gasteiger partial charge in [-0.2, -0.15) is 0 Å². The molecule has 0 aromatic heterocycles. The van der Waals surface area contributed by atoms with Crippen LogP contribution in [0, 0.1) is 10.1 Å². The van der Waals surface area contributed by atoms with E-state index in [1.54, 1.807) is 18.0 Å². The molecule has 1 rings (SSSR count). The minimum atomic E-state index is -0.666. The van der Waals surface area contributed by atoms with Gasteiger partial charge >= 0.3 is 0 Å². The topological polar surface area (TPSA) is 85.1 Å². The van der Waals surface area contributed by atoms with E-state index >= 15 is 0 Å². The van der Waals surface area contributed by atoms with Gasteiger partial charge in [-0.05, 0) is 0 Å². The fourth-order valence-corrected chi connectivity index (χ4v) is 1.68. The van der Waals surface area contributed by atoms with Gasteiger partial charge in [0.05, 0.1) is 30.8 Å². The molecule has 0 aliphatic carbocycles. The van der Waals surface area contributed by atoms with Gasteiger partial charge in [0.25, 0.3) is 5.69 Å². The summed E-state index contributed by atoms with van der Waals surface area (Å²) in [6.45, 7) is 0.508. The normalized spacial score (nSPS) is 12.0. The van der Waals surface area contributed by atoms with Crippen LogP contribution in [0.15, 0.2) is 18.2 Å². The molecule has 1 unspecified atom stereocenters. The van der Waals surface area contributed by atoms with Crippen molar-refractivity contribution in [3.63, 3.8) is 0 Å². The first-order chi connectivity index (χ1) is 8.97. The third-order valence-corrected chi connectivity index (χ3v) is 2.61. The molecule has 1 atom stereocenters. The van der Waals surface area contributed by atoms with Crippen molar-refractivity contribution >= 4 is 11.4 Å². The highest BCUT2D eigenvalue weighted by molar-refractivity contribution is 5.57. The SMILES string of the molecule is COCC(O)CN(C)c1cc(OC)cc([N+](=O)[O-])c1. The van der Waals surface area contributed by atoms with Crippen LogP contribution in [0.25, 0.3) is 0 Å². The van der Waals surface area contributed by atoms with Gasteiger partial charge in [-0.3, -0.25) is 10.1 Å². The van der Waals surface area contributed by atoms with E-state index in [1.165, 1.54) is 26.4 Å². The van der Waals surface area contributed by atoms with Gasteiger partial charge in [0.2, 0.25) is 0 Å². The number of non-ortho nitro benzene ring substituents is 1. The van der Waals surface area contributed by atoms with Gasteiger partial charge in [0.15, 0.2) is 0 Å². The molecule has 0 saturated carbocycles. The molecule has 0 aliphatic rings. The van der Waals surface area contributed by atoms with Gasteiger partial charge < -0.3 is 19.5 Å². The quantitative estimate of drug-likeness (QED) is 0.588. The number of nitrogens with zero attached hydrogens (tertiary/aromatic N) is 2. The van der Waals surface area contributed by atoms with Crippen LogP contribution in [0.1, 0.15) is 0 Å². The Morgan fingerprint density at radius 2 is 2.11 bits per heavy atom. The Morgan fingerprint density at radius 3 is 2.63 bits per heavy atom. The number of methoxy groups -OCH3 is 2. The second-order valence-corrected chi connectivity index (χ2v) is 4.14. The maximum absolute atomic E-state index is 10.8. The molecular weight excluding hydrogens is 252 g/mol. The molecule has 0 bridgehead atoms. The molecule has 0 heterocycles. The zero-order valence-corrected chi connectivity index (χ0v) is 11.2. The third-order valence-electron chi connectivity index (χ3n) is 2.61. The van der Waals surface area contributed by atoms with Crippen LogP contribution in [-0.4, -0.2) is 50.6 Å². The van der Waals surface area contributed by atoms with Gasteiger partial charge in [0.1, 0.15) is 5.75 Å². The first-order valence-corrected chi connectivity index (χ1v) is 5.69. The van der Waals surface area contributed by atoms with E-state index in [-0.39, 0.29) is 12.3 Å². The zero-order valence-electron chi connectivity index (χ0n) is 11.2. The summed E-state index contributed by atoms with van der Waals surface area (Å²) < 4.78 is 9.87. The number of hydrogen-bond donors (Lipinski definition) is 1. The minimum Gasteiger partial charge on any atom is -0.496 e. The highest BCUT2D eigenvalue weighted by atomic mass is 16.6. The summed E-state index contributed by atoms with van der Waals surface area (Å²) in [7, 11) is 4.68. The predicted molar refractivity (Wildman–Crippen MR) is 70.8 cm³/mol. The molecule has 0 amide bonds. The Kier molecular flexibility index (Phi) is 5.53. The maximum Gasteiger partial charge on any atom is 0.275 e. The maximum atomic E-state index is 10.8. The molecule has 0 aliphatic heterocycles. The van der Waals surface area contributed by atoms with E-state index in [1.807, 2.05) is 0 Å². The standard InChI is InChI=1S/C12H18N2O5/c1-13(7-11(15)8-18-2)9-4-10(14(16)17)6-12(5-9)19-3/h4-6,11,15H,7-8H2,1-3H3. The van der Waals surface area contributed by atoms with E-state index in [0.29, 0.717) is 18.0 Å². The summed E-state index contributed by atoms with van der Waals surface area (Å²) in [4.78, 5) is 12.1. The summed E-state index contributed by atoms with van der Waals surface area (Å²) in [6, 6.07) is 4.46. The number of nitro benzene ring substituents is 1. The van der Waals surface area contributed by atoms with Crippen LogP contribution < -0.4 is 9.64 Å². The van der Waals surface area contributed by atoms with Crippen LogP contribution >= 0.6 is 0 Å². The molecule has 1 N–H and O–H groups in total. The van der Waals surface area contributed by atoms with E-state index < -0.39 is 11.0 Å². The van der Waals surface area contributed by atoms with Crippen molar-refractivity contribution in [2.75, 3.05) is 39.3 Å². The Balaban J connectivity index is 2.92. The summed E-state index contributed by atoms with van der Waals surface area (Å²) in [6.07, 6.45) is -0.666. The number of likely N-dealkylation sites (N-methyl/N-ethyl adjacent to an activating group) is 1. The van der Waals surface area contributed by atoms with Crippen molar-refractivity contribution in [2.24, 2.45) is 0 Å². The smallest absolute Gasteiger partial charge is 0.275 e. The van der Waals surface area contributed by atoms with Crippen LogP contribution in [0.3, 0.4) is 0 Å². The van der Waals surface area contributed by atoms with Crippen molar-refractivity contribution in [2.45, 2.75) is 6.10 Å². The number of aliphatic hydroxyl groups excluding tert-OH is 1. The Labute approximate surface area is 111 Å². The molecule has 0 spiro atoms. The molecule has 106 valence electrons. The van der Waals surface area contributed by atoms with Crippen molar-refractivity contribution < 1.29 is 19.5 Å². The number of anilines is 1. The largest absolute Gasteiger partial charge is 0.496 e. The van der Waals surface area contributed by atoms with Crippen LogP contribution in [0.4, 0.5) is 11.4 Å². The second kappa shape index (κ2) is 6.91. The lowest BCUT2D eigenvalue weighted by Crippen LogP contribution is -2.31. The summed E-state index contributed by atoms with van der Waals surface area (Å²) >= 11 is 0. The van der Waals surface area contributed by atoms with Gasteiger partial charge in [0, 0.05) is 38.5 Å². The lowest BCUT2D eigenvalue weighted by molar-refractivity contribution is -0.384. The lowest BCUT2D eigenvalue weighted by Gasteiger charge is -2.22. The minimum absolute atomic E-state index is 0.0533. The number of nitro groups is 1.